The Balaban J connectivity index is 0.000000640. The molecule has 4 nitrogen and oxygen atoms in total. The third-order valence-electron chi connectivity index (χ3n) is 0.995. The zero-order valence-corrected chi connectivity index (χ0v) is 6.80. The van der Waals surface area contributed by atoms with Gasteiger partial charge in [-0.3, -0.25) is 0 Å². The van der Waals surface area contributed by atoms with E-state index in [1.54, 1.807) is 0 Å². The summed E-state index contributed by atoms with van der Waals surface area (Å²) in [5.74, 6) is 5.29. The molecule has 0 radical (unpaired) electrons. The van der Waals surface area contributed by atoms with Crippen molar-refractivity contribution < 1.29 is 17.0 Å². The molecule has 5 heteroatoms. The smallest absolute Gasteiger partial charge is 0.561 e. The number of nitrogens with two attached hydrogens (primary N) is 1. The first-order chi connectivity index (χ1) is 3.83. The fourth-order valence-electron chi connectivity index (χ4n) is 0.531. The van der Waals surface area contributed by atoms with E-state index in [2.05, 4.69) is 11.4 Å². The number of hydrogen-bond donors (Lipinski definition) is 1. The predicted octanol–water partition coefficient (Wildman–Crippen LogP) is -3.72. The van der Waals surface area contributed by atoms with Crippen molar-refractivity contribution in [3.63, 3.8) is 0 Å². The third kappa shape index (κ3) is 2.13. The van der Waals surface area contributed by atoms with E-state index in [1.807, 2.05) is 11.9 Å². The lowest BCUT2D eigenvalue weighted by atomic mass is 10.7. The van der Waals surface area contributed by atoms with Crippen LogP contribution in [-0.4, -0.2) is 29.6 Å². The summed E-state index contributed by atoms with van der Waals surface area (Å²) < 4.78 is 0. The lowest BCUT2D eigenvalue weighted by molar-refractivity contribution is -0.00000188. The molecule has 0 aliphatic carbocycles. The van der Waals surface area contributed by atoms with E-state index in [-0.39, 0.29) is 17.0 Å². The van der Waals surface area contributed by atoms with E-state index < -0.39 is 0 Å². The molecule has 0 bridgehead atoms. The highest BCUT2D eigenvalue weighted by Gasteiger charge is 2.22. The van der Waals surface area contributed by atoms with Crippen molar-refractivity contribution in [2.24, 2.45) is 10.9 Å². The average Bonchev–Trinajstić information content (AvgIpc) is 2.14. The number of hydrazine groups is 1. The van der Waals surface area contributed by atoms with Crippen LogP contribution in [0.2, 0.25) is 0 Å². The van der Waals surface area contributed by atoms with Gasteiger partial charge in [0, 0.05) is 6.54 Å². The first-order valence-corrected chi connectivity index (χ1v) is 2.56. The molecule has 0 aromatic rings. The van der Waals surface area contributed by atoms with Crippen LogP contribution in [0, 0.1) is 0 Å². The third-order valence-corrected chi connectivity index (χ3v) is 0.995. The predicted molar refractivity (Wildman–Crippen MR) is 30.7 cm³/mol. The Morgan fingerprint density at radius 3 is 2.67 bits per heavy atom. The van der Waals surface area contributed by atoms with Crippen molar-refractivity contribution in [2.75, 3.05) is 13.2 Å². The van der Waals surface area contributed by atoms with E-state index in [4.69, 9.17) is 5.84 Å². The summed E-state index contributed by atoms with van der Waals surface area (Å²) in [5.41, 5.74) is 0. The molecule has 0 spiro atoms. The van der Waals surface area contributed by atoms with E-state index in [0.717, 1.165) is 6.54 Å². The molecule has 0 atom stereocenters. The molecule has 1 aliphatic rings. The van der Waals surface area contributed by atoms with Crippen molar-refractivity contribution in [3.8, 4) is 0 Å². The standard InChI is InChI=1S/C4H9N4.BrH/c1-2-8-4-7(5)3-6-8;/h2,4-5H2,1H3;1H/q+1;/p-1. The van der Waals surface area contributed by atoms with Gasteiger partial charge in [-0.2, -0.15) is 0 Å². The normalized spacial score (nSPS) is 15.3. The van der Waals surface area contributed by atoms with E-state index in [9.17, 15) is 0 Å². The van der Waals surface area contributed by atoms with Crippen molar-refractivity contribution >= 4 is 6.34 Å². The molecule has 0 unspecified atom stereocenters. The highest BCUT2D eigenvalue weighted by atomic mass is 79.9. The van der Waals surface area contributed by atoms with Gasteiger partial charge in [0.25, 0.3) is 0 Å². The number of rotatable bonds is 1. The SMILES string of the molecule is CCN1CN(N)[C+]=N1.[Br-]. The quantitative estimate of drug-likeness (QED) is 0.344. The van der Waals surface area contributed by atoms with Gasteiger partial charge < -0.3 is 17.0 Å². The van der Waals surface area contributed by atoms with Crippen molar-refractivity contribution in [3.05, 3.63) is 0 Å². The van der Waals surface area contributed by atoms with Crippen molar-refractivity contribution in [1.82, 2.24) is 10.0 Å². The number of halogens is 1. The first-order valence-electron chi connectivity index (χ1n) is 2.56. The fraction of sp³-hybridized carbons (Fsp3) is 0.750. The maximum Gasteiger partial charge on any atom is 0.561 e. The van der Waals surface area contributed by atoms with Crippen LogP contribution in [0.3, 0.4) is 0 Å². The number of nitrogens with zero attached hydrogens (tertiary/aromatic N) is 3. The second kappa shape index (κ2) is 3.61. The Morgan fingerprint density at radius 1 is 1.78 bits per heavy atom. The molecule has 0 aromatic heterocycles. The first kappa shape index (κ1) is 8.62. The van der Waals surface area contributed by atoms with Gasteiger partial charge in [-0.1, -0.05) is 5.01 Å². The molecule has 9 heavy (non-hydrogen) atoms. The van der Waals surface area contributed by atoms with Gasteiger partial charge in [-0.05, 0) is 6.92 Å². The molecule has 0 amide bonds. The fourth-order valence-corrected chi connectivity index (χ4v) is 0.531. The summed E-state index contributed by atoms with van der Waals surface area (Å²) in [5, 5.41) is 7.06. The minimum Gasteiger partial charge on any atom is -1.00 e. The molecular formula is C4H9BrN4. The summed E-state index contributed by atoms with van der Waals surface area (Å²) in [6, 6.07) is 0. The minimum absolute atomic E-state index is 0. The molecule has 1 aliphatic heterocycles. The van der Waals surface area contributed by atoms with Gasteiger partial charge in [0.15, 0.2) is 6.67 Å². The second-order valence-corrected chi connectivity index (χ2v) is 1.63. The van der Waals surface area contributed by atoms with Gasteiger partial charge >= 0.3 is 6.34 Å². The van der Waals surface area contributed by atoms with E-state index in [1.165, 1.54) is 5.01 Å². The molecule has 0 fully saturated rings. The number of hydrogen-bond acceptors (Lipinski definition) is 4. The summed E-state index contributed by atoms with van der Waals surface area (Å²) in [7, 11) is 0. The average molecular weight is 193 g/mol. The van der Waals surface area contributed by atoms with Gasteiger partial charge in [0.1, 0.15) is 5.10 Å². The molecular weight excluding hydrogens is 184 g/mol. The van der Waals surface area contributed by atoms with Crippen LogP contribution < -0.4 is 22.8 Å². The topological polar surface area (TPSA) is 44.9 Å². The molecule has 1 rings (SSSR count). The van der Waals surface area contributed by atoms with Gasteiger partial charge in [0.2, 0.25) is 0 Å². The van der Waals surface area contributed by atoms with Crippen molar-refractivity contribution in [1.29, 1.82) is 0 Å². The van der Waals surface area contributed by atoms with Crippen LogP contribution in [0.1, 0.15) is 6.92 Å². The largest absolute Gasteiger partial charge is 1.00 e. The Kier molecular flexibility index (Phi) is 3.46. The zero-order valence-electron chi connectivity index (χ0n) is 5.21. The summed E-state index contributed by atoms with van der Waals surface area (Å²) in [4.78, 5) is 0. The summed E-state index contributed by atoms with van der Waals surface area (Å²) >= 11 is 0. The van der Waals surface area contributed by atoms with Gasteiger partial charge in [0.05, 0.1) is 0 Å². The highest BCUT2D eigenvalue weighted by molar-refractivity contribution is 5.54. The lowest BCUT2D eigenvalue weighted by Crippen LogP contribution is -3.00. The highest BCUT2D eigenvalue weighted by Crippen LogP contribution is 1.94. The second-order valence-electron chi connectivity index (χ2n) is 1.63. The molecule has 1 heterocycles. The van der Waals surface area contributed by atoms with Crippen LogP contribution >= 0.6 is 0 Å². The zero-order chi connectivity index (χ0) is 5.98. The molecule has 0 saturated carbocycles. The minimum atomic E-state index is 0. The van der Waals surface area contributed by atoms with Gasteiger partial charge in [-0.25, -0.2) is 10.9 Å². The summed E-state index contributed by atoms with van der Waals surface area (Å²) in [6.45, 7) is 3.57. The molecule has 52 valence electrons. The van der Waals surface area contributed by atoms with Crippen LogP contribution in [0.25, 0.3) is 0 Å². The molecule has 0 saturated heterocycles. The van der Waals surface area contributed by atoms with Gasteiger partial charge in [-0.15, -0.1) is 0 Å². The van der Waals surface area contributed by atoms with E-state index in [0.29, 0.717) is 6.67 Å². The molecule has 0 aromatic carbocycles. The van der Waals surface area contributed by atoms with Crippen LogP contribution in [0.5, 0.6) is 0 Å². The number of hydrazone groups is 1. The Labute approximate surface area is 65.0 Å². The molecule has 2 N–H and O–H groups in total. The van der Waals surface area contributed by atoms with Crippen molar-refractivity contribution in [2.45, 2.75) is 6.92 Å². The maximum absolute atomic E-state index is 5.29. The maximum atomic E-state index is 5.29. The van der Waals surface area contributed by atoms with Crippen LogP contribution in [0.15, 0.2) is 5.10 Å². The Bertz CT molecular complexity index is 105. The van der Waals surface area contributed by atoms with Crippen LogP contribution in [-0.2, 0) is 0 Å². The monoisotopic (exact) mass is 192 g/mol. The summed E-state index contributed by atoms with van der Waals surface area (Å²) in [6.07, 6.45) is 2.58. The Hall–Kier alpha value is -0.380. The Morgan fingerprint density at radius 2 is 2.44 bits per heavy atom. The lowest BCUT2D eigenvalue weighted by Gasteiger charge is -2.02. The van der Waals surface area contributed by atoms with Crippen LogP contribution in [0.4, 0.5) is 0 Å². The van der Waals surface area contributed by atoms with E-state index >= 15 is 0 Å².